The van der Waals surface area contributed by atoms with Crippen LogP contribution in [0, 0.1) is 6.92 Å². The monoisotopic (exact) mass is 396 g/mol. The van der Waals surface area contributed by atoms with Crippen LogP contribution in [0.3, 0.4) is 0 Å². The number of aliphatic hydroxyl groups excluding tert-OH is 1. The van der Waals surface area contributed by atoms with E-state index in [0.29, 0.717) is 34.2 Å². The largest absolute Gasteiger partial charge is 0.374 e. The van der Waals surface area contributed by atoms with Crippen LogP contribution in [0.25, 0.3) is 11.3 Å². The fourth-order valence-corrected chi connectivity index (χ4v) is 2.97. The molecule has 0 aliphatic rings. The van der Waals surface area contributed by atoms with E-state index >= 15 is 0 Å². The molecular formula is C17H20N10O2. The molecule has 12 heteroatoms. The van der Waals surface area contributed by atoms with Gasteiger partial charge in [0.1, 0.15) is 29.2 Å². The van der Waals surface area contributed by atoms with Crippen molar-refractivity contribution in [3.05, 3.63) is 52.3 Å². The van der Waals surface area contributed by atoms with E-state index in [1.54, 1.807) is 50.2 Å². The summed E-state index contributed by atoms with van der Waals surface area (Å²) in [6.07, 6.45) is 3.47. The van der Waals surface area contributed by atoms with Crippen molar-refractivity contribution in [2.24, 2.45) is 12.8 Å². The number of nitrogens with one attached hydrogen (secondary N) is 2. The lowest BCUT2D eigenvalue weighted by Gasteiger charge is -2.12. The zero-order chi connectivity index (χ0) is 20.7. The molecule has 4 rings (SSSR count). The molecule has 0 spiro atoms. The Morgan fingerprint density at radius 3 is 2.69 bits per heavy atom. The highest BCUT2D eigenvalue weighted by Gasteiger charge is 2.16. The first-order chi connectivity index (χ1) is 13.9. The van der Waals surface area contributed by atoms with Crippen LogP contribution in [0.4, 0.5) is 17.3 Å². The first-order valence-corrected chi connectivity index (χ1v) is 8.74. The van der Waals surface area contributed by atoms with Crippen LogP contribution >= 0.6 is 0 Å². The molecule has 29 heavy (non-hydrogen) atoms. The van der Waals surface area contributed by atoms with Gasteiger partial charge in [0.05, 0.1) is 29.8 Å². The fourth-order valence-electron chi connectivity index (χ4n) is 2.97. The molecule has 0 aliphatic carbocycles. The summed E-state index contributed by atoms with van der Waals surface area (Å²) >= 11 is 0. The van der Waals surface area contributed by atoms with E-state index in [-0.39, 0.29) is 11.2 Å². The fraction of sp³-hybridized carbons (Fsp3) is 0.235. The predicted molar refractivity (Wildman–Crippen MR) is 106 cm³/mol. The number of aromatic nitrogens is 7. The lowest BCUT2D eigenvalue weighted by atomic mass is 10.3. The van der Waals surface area contributed by atoms with Gasteiger partial charge in [-0.2, -0.15) is 24.5 Å². The summed E-state index contributed by atoms with van der Waals surface area (Å²) in [6, 6.07) is 3.32. The number of fused-ring (bicyclic) bond motifs is 1. The Labute approximate surface area is 164 Å². The summed E-state index contributed by atoms with van der Waals surface area (Å²) in [4.78, 5) is 17.4. The van der Waals surface area contributed by atoms with Gasteiger partial charge in [-0.05, 0) is 13.0 Å². The zero-order valence-electron chi connectivity index (χ0n) is 16.0. The van der Waals surface area contributed by atoms with Crippen molar-refractivity contribution in [3.8, 4) is 5.69 Å². The Morgan fingerprint density at radius 2 is 2.03 bits per heavy atom. The number of nitrogens with zero attached hydrogens (tertiary/aromatic N) is 7. The minimum absolute atomic E-state index is 0.287. The molecule has 0 saturated heterocycles. The molecule has 0 amide bonds. The van der Waals surface area contributed by atoms with E-state index in [4.69, 9.17) is 5.73 Å². The van der Waals surface area contributed by atoms with E-state index in [9.17, 15) is 9.90 Å². The summed E-state index contributed by atoms with van der Waals surface area (Å²) < 4.78 is 4.38. The number of anilines is 3. The van der Waals surface area contributed by atoms with Crippen molar-refractivity contribution in [2.45, 2.75) is 13.2 Å². The first kappa shape index (κ1) is 18.6. The second-order valence-corrected chi connectivity index (χ2v) is 6.47. The maximum atomic E-state index is 13.0. The molecule has 0 radical (unpaired) electrons. The molecule has 1 atom stereocenters. The third-order valence-corrected chi connectivity index (χ3v) is 4.31. The molecular weight excluding hydrogens is 376 g/mol. The summed E-state index contributed by atoms with van der Waals surface area (Å²) in [7, 11) is 3.49. The number of hydrogen-bond donors (Lipinski definition) is 4. The lowest BCUT2D eigenvalue weighted by Crippen LogP contribution is -2.24. The first-order valence-electron chi connectivity index (χ1n) is 8.74. The van der Waals surface area contributed by atoms with Crippen molar-refractivity contribution in [2.75, 3.05) is 17.7 Å². The Bertz CT molecular complexity index is 1250. The second kappa shape index (κ2) is 7.00. The van der Waals surface area contributed by atoms with E-state index in [2.05, 4.69) is 30.9 Å². The van der Waals surface area contributed by atoms with Gasteiger partial charge in [0.2, 0.25) is 0 Å². The molecule has 4 aromatic heterocycles. The molecule has 12 nitrogen and oxygen atoms in total. The van der Waals surface area contributed by atoms with Crippen molar-refractivity contribution < 1.29 is 5.11 Å². The van der Waals surface area contributed by atoms with Crippen molar-refractivity contribution in [1.82, 2.24) is 34.2 Å². The van der Waals surface area contributed by atoms with Gasteiger partial charge in [-0.25, -0.2) is 4.98 Å². The summed E-state index contributed by atoms with van der Waals surface area (Å²) in [5.74, 6) is 0.979. The van der Waals surface area contributed by atoms with Crippen LogP contribution in [-0.4, -0.2) is 46.3 Å². The van der Waals surface area contributed by atoms with E-state index < -0.39 is 6.23 Å². The van der Waals surface area contributed by atoms with E-state index in [1.165, 1.54) is 15.4 Å². The van der Waals surface area contributed by atoms with Crippen LogP contribution in [0.2, 0.25) is 0 Å². The number of hydrogen-bond acceptors (Lipinski definition) is 9. The summed E-state index contributed by atoms with van der Waals surface area (Å²) in [5.41, 5.74) is 7.44. The van der Waals surface area contributed by atoms with Crippen LogP contribution in [0.1, 0.15) is 17.5 Å². The Balaban J connectivity index is 1.82. The number of nitrogens with two attached hydrogens (primary N) is 1. The van der Waals surface area contributed by atoms with Gasteiger partial charge in [0.15, 0.2) is 5.65 Å². The number of aliphatic hydroxyl groups is 1. The number of aryl methyl sites for hydroxylation is 2. The average molecular weight is 396 g/mol. The molecule has 4 heterocycles. The molecule has 1 unspecified atom stereocenters. The normalized spacial score (nSPS) is 12.3. The quantitative estimate of drug-likeness (QED) is 0.343. The van der Waals surface area contributed by atoms with Crippen molar-refractivity contribution >= 4 is 23.0 Å². The second-order valence-electron chi connectivity index (χ2n) is 6.47. The molecule has 0 bridgehead atoms. The predicted octanol–water partition coefficient (Wildman–Crippen LogP) is 0.0520. The maximum absolute atomic E-state index is 13.0. The Morgan fingerprint density at radius 1 is 1.24 bits per heavy atom. The summed E-state index contributed by atoms with van der Waals surface area (Å²) in [6.45, 7) is 1.78. The van der Waals surface area contributed by atoms with Gasteiger partial charge in [-0.15, -0.1) is 0 Å². The van der Waals surface area contributed by atoms with Crippen LogP contribution < -0.4 is 21.9 Å². The van der Waals surface area contributed by atoms with Crippen molar-refractivity contribution in [3.63, 3.8) is 0 Å². The van der Waals surface area contributed by atoms with Crippen LogP contribution in [0.15, 0.2) is 35.5 Å². The standard InChI is InChI=1S/C17H20N10O2/c1-9-4-12(17(29)26(24-9)10-6-20-25(3)8-10)22-13-5-14(19-2)27-16(23-13)11(7-21-27)15(18)28/h4-8,15,19,28H,18H2,1-3H3,(H,22,23). The molecule has 0 saturated carbocycles. The lowest BCUT2D eigenvalue weighted by molar-refractivity contribution is 0.187. The molecule has 0 aliphatic heterocycles. The highest BCUT2D eigenvalue weighted by atomic mass is 16.3. The molecule has 150 valence electrons. The van der Waals surface area contributed by atoms with Gasteiger partial charge < -0.3 is 21.5 Å². The van der Waals surface area contributed by atoms with Crippen LogP contribution in [0.5, 0.6) is 0 Å². The maximum Gasteiger partial charge on any atom is 0.295 e. The zero-order valence-corrected chi connectivity index (χ0v) is 16.0. The Hall–Kier alpha value is -3.77. The third-order valence-electron chi connectivity index (χ3n) is 4.31. The molecule has 5 N–H and O–H groups in total. The van der Waals surface area contributed by atoms with Gasteiger partial charge in [0, 0.05) is 20.2 Å². The topological polar surface area (TPSA) is 153 Å². The highest BCUT2D eigenvalue weighted by Crippen LogP contribution is 2.22. The average Bonchev–Trinajstić information content (AvgIpc) is 3.30. The van der Waals surface area contributed by atoms with E-state index in [1.807, 2.05) is 0 Å². The van der Waals surface area contributed by atoms with Gasteiger partial charge in [-0.3, -0.25) is 9.48 Å². The van der Waals surface area contributed by atoms with Crippen molar-refractivity contribution in [1.29, 1.82) is 0 Å². The minimum Gasteiger partial charge on any atom is -0.374 e. The third kappa shape index (κ3) is 3.30. The summed E-state index contributed by atoms with van der Waals surface area (Å²) in [5, 5.41) is 28.4. The smallest absolute Gasteiger partial charge is 0.295 e. The highest BCUT2D eigenvalue weighted by molar-refractivity contribution is 5.65. The SMILES string of the molecule is CNc1cc(Nc2cc(C)nn(-c3cnn(C)c3)c2=O)nc2c(C(N)O)cnn12. The molecule has 4 aromatic rings. The molecule has 0 aromatic carbocycles. The van der Waals surface area contributed by atoms with Gasteiger partial charge >= 0.3 is 0 Å². The van der Waals surface area contributed by atoms with Crippen LogP contribution in [-0.2, 0) is 7.05 Å². The minimum atomic E-state index is -1.23. The number of rotatable bonds is 5. The van der Waals surface area contributed by atoms with E-state index in [0.717, 1.165) is 0 Å². The Kier molecular flexibility index (Phi) is 4.48. The van der Waals surface area contributed by atoms with Gasteiger partial charge in [0.25, 0.3) is 5.56 Å². The van der Waals surface area contributed by atoms with Gasteiger partial charge in [-0.1, -0.05) is 0 Å². The molecule has 0 fully saturated rings.